The van der Waals surface area contributed by atoms with E-state index >= 15 is 0 Å². The molecule has 5 nitrogen and oxygen atoms in total. The first-order valence-electron chi connectivity index (χ1n) is 7.53. The number of carbonyl (C=O) groups is 1. The van der Waals surface area contributed by atoms with E-state index in [2.05, 4.69) is 30.7 Å². The van der Waals surface area contributed by atoms with Gasteiger partial charge >= 0.3 is 5.97 Å². The minimum Gasteiger partial charge on any atom is -0.478 e. The summed E-state index contributed by atoms with van der Waals surface area (Å²) in [5.74, 6) is -0.184. The smallest absolute Gasteiger partial charge is 0.335 e. The second-order valence-electron chi connectivity index (χ2n) is 5.20. The van der Waals surface area contributed by atoms with E-state index in [0.717, 1.165) is 30.8 Å². The fraction of sp³-hybridized carbons (Fsp3) is 0.625. The van der Waals surface area contributed by atoms with E-state index in [0.29, 0.717) is 18.7 Å². The van der Waals surface area contributed by atoms with E-state index in [9.17, 15) is 9.90 Å². The number of aromatic nitrogens is 1. The molecule has 1 atom stereocenters. The number of methoxy groups -OCH3 is 1. The van der Waals surface area contributed by atoms with Crippen molar-refractivity contribution >= 4 is 11.8 Å². The van der Waals surface area contributed by atoms with Crippen molar-refractivity contribution < 1.29 is 14.6 Å². The van der Waals surface area contributed by atoms with Gasteiger partial charge in [-0.2, -0.15) is 0 Å². The molecule has 5 heteroatoms. The Balaban J connectivity index is 3.17. The highest BCUT2D eigenvalue weighted by Gasteiger charge is 2.17. The topological polar surface area (TPSA) is 62.7 Å². The Hall–Kier alpha value is -1.62. The highest BCUT2D eigenvalue weighted by molar-refractivity contribution is 5.88. The van der Waals surface area contributed by atoms with Crippen LogP contribution in [0.5, 0.6) is 0 Å². The lowest BCUT2D eigenvalue weighted by atomic mass is 10.1. The number of pyridine rings is 1. The van der Waals surface area contributed by atoms with Gasteiger partial charge in [0.1, 0.15) is 5.82 Å². The summed E-state index contributed by atoms with van der Waals surface area (Å²) >= 11 is 0. The predicted octanol–water partition coefficient (Wildman–Crippen LogP) is 2.98. The lowest BCUT2D eigenvalue weighted by Crippen LogP contribution is -2.36. The lowest BCUT2D eigenvalue weighted by Gasteiger charge is -2.30. The van der Waals surface area contributed by atoms with Crippen molar-refractivity contribution in [2.45, 2.75) is 46.1 Å². The molecule has 21 heavy (non-hydrogen) atoms. The molecule has 0 radical (unpaired) electrons. The molecule has 1 N–H and O–H groups in total. The van der Waals surface area contributed by atoms with Crippen LogP contribution in [-0.2, 0) is 11.2 Å². The number of aryl methyl sites for hydroxylation is 1. The van der Waals surface area contributed by atoms with E-state index in [1.54, 1.807) is 19.2 Å². The molecule has 0 amide bonds. The predicted molar refractivity (Wildman–Crippen MR) is 84.2 cm³/mol. The molecule has 0 fully saturated rings. The van der Waals surface area contributed by atoms with E-state index in [1.807, 2.05) is 0 Å². The maximum Gasteiger partial charge on any atom is 0.335 e. The second-order valence-corrected chi connectivity index (χ2v) is 5.20. The third-order valence-corrected chi connectivity index (χ3v) is 3.57. The Kier molecular flexibility index (Phi) is 7.15. The molecule has 0 spiro atoms. The van der Waals surface area contributed by atoms with Crippen LogP contribution >= 0.6 is 0 Å². The van der Waals surface area contributed by atoms with Gasteiger partial charge in [-0.15, -0.1) is 0 Å². The fourth-order valence-corrected chi connectivity index (χ4v) is 2.20. The maximum absolute atomic E-state index is 11.3. The van der Waals surface area contributed by atoms with Gasteiger partial charge in [-0.25, -0.2) is 9.78 Å². The van der Waals surface area contributed by atoms with E-state index in [4.69, 9.17) is 4.74 Å². The molecule has 0 aliphatic carbocycles. The maximum atomic E-state index is 11.3. The van der Waals surface area contributed by atoms with Crippen molar-refractivity contribution in [3.8, 4) is 0 Å². The van der Waals surface area contributed by atoms with Crippen molar-refractivity contribution in [1.29, 1.82) is 0 Å². The Morgan fingerprint density at radius 1 is 1.43 bits per heavy atom. The van der Waals surface area contributed by atoms with Gasteiger partial charge in [-0.1, -0.05) is 20.3 Å². The molecule has 1 aromatic rings. The Morgan fingerprint density at radius 3 is 2.67 bits per heavy atom. The number of hydrogen-bond donors (Lipinski definition) is 1. The Morgan fingerprint density at radius 2 is 2.14 bits per heavy atom. The van der Waals surface area contributed by atoms with E-state index in [-0.39, 0.29) is 6.04 Å². The van der Waals surface area contributed by atoms with Crippen LogP contribution in [-0.4, -0.2) is 42.4 Å². The SMILES string of the molecule is CCCc1cc(C(=O)O)cc(N(CCOC)C(C)CC)n1. The molecule has 0 aliphatic rings. The summed E-state index contributed by atoms with van der Waals surface area (Å²) in [5.41, 5.74) is 1.13. The first kappa shape index (κ1) is 17.4. The molecule has 0 saturated heterocycles. The molecule has 0 aromatic carbocycles. The van der Waals surface area contributed by atoms with Gasteiger partial charge in [0.2, 0.25) is 0 Å². The summed E-state index contributed by atoms with van der Waals surface area (Å²) in [5, 5.41) is 9.28. The van der Waals surface area contributed by atoms with Gasteiger partial charge in [-0.3, -0.25) is 0 Å². The highest BCUT2D eigenvalue weighted by Crippen LogP contribution is 2.20. The Bertz CT molecular complexity index is 463. The third kappa shape index (κ3) is 5.01. The van der Waals surface area contributed by atoms with E-state index in [1.165, 1.54) is 0 Å². The highest BCUT2D eigenvalue weighted by atomic mass is 16.5. The molecule has 1 rings (SSSR count). The van der Waals surface area contributed by atoms with Crippen molar-refractivity contribution in [3.63, 3.8) is 0 Å². The standard InChI is InChI=1S/C16H26N2O3/c1-5-7-14-10-13(16(19)20)11-15(17-14)18(8-9-21-4)12(3)6-2/h10-12H,5-9H2,1-4H3,(H,19,20). The Labute approximate surface area is 126 Å². The molecule has 1 heterocycles. The van der Waals surface area contributed by atoms with Crippen LogP contribution in [0.4, 0.5) is 5.82 Å². The molecule has 1 aromatic heterocycles. The van der Waals surface area contributed by atoms with Crippen LogP contribution in [0.1, 0.15) is 49.7 Å². The van der Waals surface area contributed by atoms with Crippen molar-refractivity contribution in [2.24, 2.45) is 0 Å². The molecule has 0 saturated carbocycles. The number of carboxylic acid groups (broad SMARTS) is 1. The number of rotatable bonds is 9. The van der Waals surface area contributed by atoms with Crippen molar-refractivity contribution in [1.82, 2.24) is 4.98 Å². The zero-order valence-electron chi connectivity index (χ0n) is 13.4. The molecule has 118 valence electrons. The zero-order chi connectivity index (χ0) is 15.8. The van der Waals surface area contributed by atoms with Crippen molar-refractivity contribution in [2.75, 3.05) is 25.2 Å². The number of anilines is 1. The summed E-state index contributed by atoms with van der Waals surface area (Å²) < 4.78 is 5.16. The zero-order valence-corrected chi connectivity index (χ0v) is 13.4. The van der Waals surface area contributed by atoms with Gasteiger partial charge in [-0.05, 0) is 31.9 Å². The van der Waals surface area contributed by atoms with Gasteiger partial charge in [0, 0.05) is 25.4 Å². The van der Waals surface area contributed by atoms with Crippen molar-refractivity contribution in [3.05, 3.63) is 23.4 Å². The third-order valence-electron chi connectivity index (χ3n) is 3.57. The number of nitrogens with zero attached hydrogens (tertiary/aromatic N) is 2. The largest absolute Gasteiger partial charge is 0.478 e. The lowest BCUT2D eigenvalue weighted by molar-refractivity contribution is 0.0696. The molecule has 0 aliphatic heterocycles. The molecule has 1 unspecified atom stereocenters. The first-order chi connectivity index (χ1) is 10.0. The monoisotopic (exact) mass is 294 g/mol. The van der Waals surface area contributed by atoms with Crippen LogP contribution in [0, 0.1) is 0 Å². The van der Waals surface area contributed by atoms with Crippen LogP contribution in [0.25, 0.3) is 0 Å². The van der Waals surface area contributed by atoms with Gasteiger partial charge in [0.25, 0.3) is 0 Å². The van der Waals surface area contributed by atoms with Gasteiger partial charge < -0.3 is 14.7 Å². The number of aromatic carboxylic acids is 1. The average Bonchev–Trinajstić information content (AvgIpc) is 2.47. The van der Waals surface area contributed by atoms with Crippen LogP contribution in [0.2, 0.25) is 0 Å². The minimum absolute atomic E-state index is 0.283. The summed E-state index contributed by atoms with van der Waals surface area (Å²) in [4.78, 5) is 18.1. The van der Waals surface area contributed by atoms with E-state index < -0.39 is 5.97 Å². The summed E-state index contributed by atoms with van der Waals surface area (Å²) in [6, 6.07) is 3.61. The van der Waals surface area contributed by atoms with Crippen LogP contribution in [0.15, 0.2) is 12.1 Å². The van der Waals surface area contributed by atoms with Crippen LogP contribution in [0.3, 0.4) is 0 Å². The normalized spacial score (nSPS) is 12.2. The molecular weight excluding hydrogens is 268 g/mol. The second kappa shape index (κ2) is 8.62. The van der Waals surface area contributed by atoms with Crippen LogP contribution < -0.4 is 4.90 Å². The first-order valence-corrected chi connectivity index (χ1v) is 7.53. The summed E-state index contributed by atoms with van der Waals surface area (Å²) in [6.45, 7) is 7.58. The number of carboxylic acids is 1. The number of ether oxygens (including phenoxy) is 1. The fourth-order valence-electron chi connectivity index (χ4n) is 2.20. The minimum atomic E-state index is -0.910. The molecular formula is C16H26N2O3. The quantitative estimate of drug-likeness (QED) is 0.758. The van der Waals surface area contributed by atoms with Gasteiger partial charge in [0.05, 0.1) is 12.2 Å². The molecule has 0 bridgehead atoms. The summed E-state index contributed by atoms with van der Waals surface area (Å²) in [7, 11) is 1.67. The average molecular weight is 294 g/mol. The van der Waals surface area contributed by atoms with Gasteiger partial charge in [0.15, 0.2) is 0 Å². The number of hydrogen-bond acceptors (Lipinski definition) is 4. The summed E-state index contributed by atoms with van der Waals surface area (Å²) in [6.07, 6.45) is 2.69.